The molecule has 2 N–H and O–H groups in total. The number of benzene rings is 1. The highest BCUT2D eigenvalue weighted by Crippen LogP contribution is 2.28. The maximum absolute atomic E-state index is 6.04. The lowest BCUT2D eigenvalue weighted by molar-refractivity contribution is 1.04. The van der Waals surface area contributed by atoms with Crippen molar-refractivity contribution >= 4 is 33.3 Å². The van der Waals surface area contributed by atoms with Crippen molar-refractivity contribution < 1.29 is 0 Å². The maximum atomic E-state index is 6.04. The highest BCUT2D eigenvalue weighted by atomic mass is 79.9. The van der Waals surface area contributed by atoms with Gasteiger partial charge in [0.25, 0.3) is 0 Å². The zero-order valence-corrected chi connectivity index (χ0v) is 9.96. The van der Waals surface area contributed by atoms with Crippen LogP contribution in [-0.2, 0) is 0 Å². The van der Waals surface area contributed by atoms with Crippen LogP contribution in [0.2, 0.25) is 5.02 Å². The molecule has 0 saturated heterocycles. The van der Waals surface area contributed by atoms with Gasteiger partial charge in [0.05, 0.1) is 15.2 Å². The predicted octanol–water partition coefficient (Wildman–Crippen LogP) is 3.14. The van der Waals surface area contributed by atoms with E-state index in [4.69, 9.17) is 17.3 Å². The third-order valence-corrected chi connectivity index (χ3v) is 2.89. The van der Waals surface area contributed by atoms with Gasteiger partial charge in [0.1, 0.15) is 0 Å². The zero-order valence-electron chi connectivity index (χ0n) is 7.61. The fourth-order valence-corrected chi connectivity index (χ4v) is 1.71. The topological polar surface area (TPSA) is 51.8 Å². The van der Waals surface area contributed by atoms with Crippen LogP contribution in [0.15, 0.2) is 34.8 Å². The molecule has 0 aliphatic heterocycles. The number of anilines is 1. The first kappa shape index (κ1) is 10.4. The van der Waals surface area contributed by atoms with E-state index in [9.17, 15) is 0 Å². The lowest BCUT2D eigenvalue weighted by Crippen LogP contribution is -1.96. The number of aromatic nitrogens is 2. The highest BCUT2D eigenvalue weighted by Gasteiger charge is 2.06. The Hall–Kier alpha value is -1.13. The van der Waals surface area contributed by atoms with Gasteiger partial charge in [-0.25, -0.2) is 0 Å². The minimum atomic E-state index is 0.366. The van der Waals surface area contributed by atoms with Crippen molar-refractivity contribution in [3.05, 3.63) is 39.8 Å². The van der Waals surface area contributed by atoms with E-state index in [1.54, 1.807) is 6.07 Å². The Morgan fingerprint density at radius 3 is 2.60 bits per heavy atom. The first-order valence-corrected chi connectivity index (χ1v) is 5.39. The third-order valence-electron chi connectivity index (χ3n) is 1.92. The Kier molecular flexibility index (Phi) is 2.88. The van der Waals surface area contributed by atoms with Gasteiger partial charge >= 0.3 is 0 Å². The fraction of sp³-hybridized carbons (Fsp3) is 0. The molecule has 2 aromatic rings. The fourth-order valence-electron chi connectivity index (χ4n) is 1.18. The first-order valence-electron chi connectivity index (χ1n) is 4.22. The van der Waals surface area contributed by atoms with E-state index in [2.05, 4.69) is 26.1 Å². The van der Waals surface area contributed by atoms with Gasteiger partial charge in [-0.1, -0.05) is 29.8 Å². The van der Waals surface area contributed by atoms with Gasteiger partial charge in [-0.05, 0) is 28.1 Å². The summed E-state index contributed by atoms with van der Waals surface area (Å²) < 4.78 is 0.715. The first-order chi connectivity index (χ1) is 7.18. The van der Waals surface area contributed by atoms with Crippen molar-refractivity contribution in [1.29, 1.82) is 0 Å². The van der Waals surface area contributed by atoms with Gasteiger partial charge < -0.3 is 5.73 Å². The molecular formula is C10H7BrClN3. The number of rotatable bonds is 1. The van der Waals surface area contributed by atoms with Crippen LogP contribution in [0.3, 0.4) is 0 Å². The van der Waals surface area contributed by atoms with Gasteiger partial charge in [-0.2, -0.15) is 0 Å². The predicted molar refractivity (Wildman–Crippen MR) is 64.6 cm³/mol. The molecule has 0 amide bonds. The Morgan fingerprint density at radius 2 is 1.93 bits per heavy atom. The lowest BCUT2D eigenvalue weighted by Gasteiger charge is -2.03. The van der Waals surface area contributed by atoms with E-state index in [1.165, 1.54) is 0 Å². The van der Waals surface area contributed by atoms with Gasteiger partial charge in [0, 0.05) is 5.56 Å². The van der Waals surface area contributed by atoms with Gasteiger partial charge in [0.2, 0.25) is 0 Å². The SMILES string of the molecule is Nc1nnc(-c2ccccc2Cl)cc1Br. The number of nitrogen functional groups attached to an aromatic ring is 1. The van der Waals surface area contributed by atoms with Crippen molar-refractivity contribution in [3.63, 3.8) is 0 Å². The van der Waals surface area contributed by atoms with Gasteiger partial charge in [0.15, 0.2) is 5.82 Å². The molecule has 1 heterocycles. The summed E-state index contributed by atoms with van der Waals surface area (Å²) in [4.78, 5) is 0. The average molecular weight is 285 g/mol. The van der Waals surface area contributed by atoms with Crippen molar-refractivity contribution in [1.82, 2.24) is 10.2 Å². The van der Waals surface area contributed by atoms with Crippen molar-refractivity contribution in [2.75, 3.05) is 5.73 Å². The number of halogens is 2. The summed E-state index contributed by atoms with van der Waals surface area (Å²) in [6.07, 6.45) is 0. The minimum Gasteiger partial charge on any atom is -0.381 e. The van der Waals surface area contributed by atoms with Gasteiger partial charge in [-0.3, -0.25) is 0 Å². The quantitative estimate of drug-likeness (QED) is 0.875. The summed E-state index contributed by atoms with van der Waals surface area (Å²) in [5.41, 5.74) is 7.09. The second kappa shape index (κ2) is 4.16. The smallest absolute Gasteiger partial charge is 0.160 e. The second-order valence-electron chi connectivity index (χ2n) is 2.94. The summed E-state index contributed by atoms with van der Waals surface area (Å²) in [6, 6.07) is 9.25. The molecule has 15 heavy (non-hydrogen) atoms. The van der Waals surface area contributed by atoms with Crippen LogP contribution in [0, 0.1) is 0 Å². The van der Waals surface area contributed by atoms with E-state index in [1.807, 2.05) is 24.3 Å². The summed E-state index contributed by atoms with van der Waals surface area (Å²) in [7, 11) is 0. The Morgan fingerprint density at radius 1 is 1.20 bits per heavy atom. The summed E-state index contributed by atoms with van der Waals surface area (Å²) in [5, 5.41) is 8.44. The molecule has 0 bridgehead atoms. The number of nitrogens with two attached hydrogens (primary N) is 1. The van der Waals surface area contributed by atoms with Crippen LogP contribution in [0.5, 0.6) is 0 Å². The Balaban J connectivity index is 2.55. The van der Waals surface area contributed by atoms with Crippen molar-refractivity contribution in [2.24, 2.45) is 0 Å². The average Bonchev–Trinajstić information content (AvgIpc) is 2.23. The number of hydrogen-bond acceptors (Lipinski definition) is 3. The van der Waals surface area contributed by atoms with Crippen LogP contribution in [0.4, 0.5) is 5.82 Å². The highest BCUT2D eigenvalue weighted by molar-refractivity contribution is 9.10. The molecule has 2 rings (SSSR count). The largest absolute Gasteiger partial charge is 0.381 e. The van der Waals surface area contributed by atoms with E-state index < -0.39 is 0 Å². The van der Waals surface area contributed by atoms with Crippen molar-refractivity contribution in [3.8, 4) is 11.3 Å². The number of nitrogens with zero attached hydrogens (tertiary/aromatic N) is 2. The Bertz CT molecular complexity index is 502. The number of hydrogen-bond donors (Lipinski definition) is 1. The lowest BCUT2D eigenvalue weighted by atomic mass is 10.1. The van der Waals surface area contributed by atoms with Crippen molar-refractivity contribution in [2.45, 2.75) is 0 Å². The molecule has 5 heteroatoms. The zero-order chi connectivity index (χ0) is 10.8. The summed E-state index contributed by atoms with van der Waals surface area (Å²) >= 11 is 9.33. The molecule has 1 aromatic carbocycles. The molecule has 0 aliphatic rings. The molecule has 0 radical (unpaired) electrons. The van der Waals surface area contributed by atoms with E-state index in [-0.39, 0.29) is 0 Å². The summed E-state index contributed by atoms with van der Waals surface area (Å²) in [5.74, 6) is 0.366. The minimum absolute atomic E-state index is 0.366. The maximum Gasteiger partial charge on any atom is 0.160 e. The molecule has 76 valence electrons. The molecule has 1 aromatic heterocycles. The van der Waals surface area contributed by atoms with Crippen LogP contribution in [-0.4, -0.2) is 10.2 Å². The molecule has 0 spiro atoms. The van der Waals surface area contributed by atoms with E-state index >= 15 is 0 Å². The monoisotopic (exact) mass is 283 g/mol. The second-order valence-corrected chi connectivity index (χ2v) is 4.20. The van der Waals surface area contributed by atoms with E-state index in [0.29, 0.717) is 21.0 Å². The Labute approximate surface area is 100 Å². The van der Waals surface area contributed by atoms with Gasteiger partial charge in [-0.15, -0.1) is 10.2 Å². The summed E-state index contributed by atoms with van der Waals surface area (Å²) in [6.45, 7) is 0. The van der Waals surface area contributed by atoms with Crippen LogP contribution < -0.4 is 5.73 Å². The molecular weight excluding hydrogens is 277 g/mol. The third kappa shape index (κ3) is 2.11. The van der Waals surface area contributed by atoms with Crippen LogP contribution in [0.25, 0.3) is 11.3 Å². The van der Waals surface area contributed by atoms with Crippen LogP contribution >= 0.6 is 27.5 Å². The molecule has 0 saturated carbocycles. The molecule has 0 aliphatic carbocycles. The molecule has 0 fully saturated rings. The molecule has 3 nitrogen and oxygen atoms in total. The molecule has 0 unspecified atom stereocenters. The normalized spacial score (nSPS) is 10.3. The molecule has 0 atom stereocenters. The van der Waals surface area contributed by atoms with Crippen LogP contribution in [0.1, 0.15) is 0 Å². The standard InChI is InChI=1S/C10H7BrClN3/c11-7-5-9(14-15-10(7)13)6-3-1-2-4-8(6)12/h1-5H,(H2,13,15). The van der Waals surface area contributed by atoms with E-state index in [0.717, 1.165) is 5.56 Å².